The number of rotatable bonds is 5. The molecule has 3 aromatic rings. The maximum Gasteiger partial charge on any atom is 0.240 e. The SMILES string of the molecule is CCC(C)N=Nc1ccc(-c2ccn3nc(N)nc(NC)c23)nc1C. The molecule has 130 valence electrons. The van der Waals surface area contributed by atoms with E-state index in [9.17, 15) is 0 Å². The molecular formula is C17H22N8. The summed E-state index contributed by atoms with van der Waals surface area (Å²) >= 11 is 0. The third-order valence-electron chi connectivity index (χ3n) is 4.05. The van der Waals surface area contributed by atoms with E-state index < -0.39 is 0 Å². The van der Waals surface area contributed by atoms with Gasteiger partial charge in [0.1, 0.15) is 11.2 Å². The number of aromatic nitrogens is 4. The maximum absolute atomic E-state index is 5.74. The molecule has 3 heterocycles. The summed E-state index contributed by atoms with van der Waals surface area (Å²) in [7, 11) is 1.80. The molecule has 8 heteroatoms. The lowest BCUT2D eigenvalue weighted by Gasteiger charge is -2.08. The molecule has 0 aliphatic rings. The second-order valence-corrected chi connectivity index (χ2v) is 5.86. The minimum absolute atomic E-state index is 0.204. The van der Waals surface area contributed by atoms with Crippen molar-refractivity contribution < 1.29 is 0 Å². The Labute approximate surface area is 146 Å². The lowest BCUT2D eigenvalue weighted by atomic mass is 10.1. The highest BCUT2D eigenvalue weighted by Crippen LogP contribution is 2.30. The Morgan fingerprint density at radius 3 is 2.76 bits per heavy atom. The molecule has 0 radical (unpaired) electrons. The van der Waals surface area contributed by atoms with Gasteiger partial charge in [-0.2, -0.15) is 15.2 Å². The molecule has 0 fully saturated rings. The number of nitrogens with zero attached hydrogens (tertiary/aromatic N) is 6. The van der Waals surface area contributed by atoms with Gasteiger partial charge >= 0.3 is 0 Å². The van der Waals surface area contributed by atoms with E-state index in [0.717, 1.165) is 34.6 Å². The molecule has 8 nitrogen and oxygen atoms in total. The van der Waals surface area contributed by atoms with Crippen LogP contribution in [0.5, 0.6) is 0 Å². The van der Waals surface area contributed by atoms with Crippen LogP contribution >= 0.6 is 0 Å². The zero-order valence-electron chi connectivity index (χ0n) is 14.9. The monoisotopic (exact) mass is 338 g/mol. The fourth-order valence-corrected chi connectivity index (χ4v) is 2.47. The number of azo groups is 1. The van der Waals surface area contributed by atoms with E-state index in [0.29, 0.717) is 5.82 Å². The molecule has 1 unspecified atom stereocenters. The quantitative estimate of drug-likeness (QED) is 0.691. The van der Waals surface area contributed by atoms with Crippen molar-refractivity contribution in [2.45, 2.75) is 33.2 Å². The van der Waals surface area contributed by atoms with Crippen molar-refractivity contribution in [3.63, 3.8) is 0 Å². The van der Waals surface area contributed by atoms with Crippen molar-refractivity contribution in [1.82, 2.24) is 19.6 Å². The van der Waals surface area contributed by atoms with E-state index in [1.54, 1.807) is 11.6 Å². The van der Waals surface area contributed by atoms with Gasteiger partial charge in [-0.3, -0.25) is 4.98 Å². The summed E-state index contributed by atoms with van der Waals surface area (Å²) in [5, 5.41) is 15.9. The van der Waals surface area contributed by atoms with Crippen LogP contribution in [-0.2, 0) is 0 Å². The lowest BCUT2D eigenvalue weighted by molar-refractivity contribution is 0.680. The van der Waals surface area contributed by atoms with E-state index in [-0.39, 0.29) is 12.0 Å². The number of hydrogen-bond acceptors (Lipinski definition) is 7. The van der Waals surface area contributed by atoms with Crippen LogP contribution < -0.4 is 11.1 Å². The molecule has 3 rings (SSSR count). The van der Waals surface area contributed by atoms with Crippen LogP contribution in [0.3, 0.4) is 0 Å². The molecule has 25 heavy (non-hydrogen) atoms. The number of hydrogen-bond donors (Lipinski definition) is 2. The second-order valence-electron chi connectivity index (χ2n) is 5.86. The number of anilines is 2. The van der Waals surface area contributed by atoms with Crippen LogP contribution in [-0.4, -0.2) is 32.7 Å². The molecule has 0 aliphatic carbocycles. The van der Waals surface area contributed by atoms with Crippen molar-refractivity contribution >= 4 is 23.0 Å². The molecule has 1 atom stereocenters. The number of fused-ring (bicyclic) bond motifs is 1. The van der Waals surface area contributed by atoms with Gasteiger partial charge in [0, 0.05) is 18.8 Å². The Morgan fingerprint density at radius 1 is 1.28 bits per heavy atom. The van der Waals surface area contributed by atoms with Crippen LogP contribution in [0.15, 0.2) is 34.6 Å². The number of pyridine rings is 1. The summed E-state index contributed by atoms with van der Waals surface area (Å²) in [6.45, 7) is 6.06. The molecule has 0 aromatic carbocycles. The van der Waals surface area contributed by atoms with Crippen LogP contribution in [0, 0.1) is 6.92 Å². The van der Waals surface area contributed by atoms with Crippen molar-refractivity contribution in [3.8, 4) is 11.3 Å². The maximum atomic E-state index is 5.74. The molecule has 0 amide bonds. The van der Waals surface area contributed by atoms with Crippen LogP contribution in [0.4, 0.5) is 17.5 Å². The molecule has 0 aliphatic heterocycles. The van der Waals surface area contributed by atoms with Gasteiger partial charge in [-0.15, -0.1) is 5.10 Å². The molecule has 0 spiro atoms. The number of aryl methyl sites for hydroxylation is 1. The van der Waals surface area contributed by atoms with E-state index in [4.69, 9.17) is 5.73 Å². The predicted molar refractivity (Wildman–Crippen MR) is 99.2 cm³/mol. The smallest absolute Gasteiger partial charge is 0.240 e. The van der Waals surface area contributed by atoms with Crippen molar-refractivity contribution in [2.75, 3.05) is 18.1 Å². The first-order valence-electron chi connectivity index (χ1n) is 8.25. The van der Waals surface area contributed by atoms with Crippen molar-refractivity contribution in [2.24, 2.45) is 10.2 Å². The number of nitrogens with two attached hydrogens (primary N) is 1. The highest BCUT2D eigenvalue weighted by Gasteiger charge is 2.14. The zero-order valence-corrected chi connectivity index (χ0v) is 14.9. The summed E-state index contributed by atoms with van der Waals surface area (Å²) in [5.74, 6) is 0.872. The third kappa shape index (κ3) is 3.28. The van der Waals surface area contributed by atoms with Gasteiger partial charge in [0.2, 0.25) is 5.95 Å². The molecule has 3 aromatic heterocycles. The normalized spacial score (nSPS) is 12.8. The first kappa shape index (κ1) is 16.8. The minimum atomic E-state index is 0.204. The summed E-state index contributed by atoms with van der Waals surface area (Å²) in [4.78, 5) is 8.94. The van der Waals surface area contributed by atoms with Gasteiger partial charge < -0.3 is 11.1 Å². The molecule has 3 N–H and O–H groups in total. The average molecular weight is 338 g/mol. The van der Waals surface area contributed by atoms with Crippen LogP contribution in [0.1, 0.15) is 26.0 Å². The summed E-state index contributed by atoms with van der Waals surface area (Å²) < 4.78 is 1.71. The zero-order chi connectivity index (χ0) is 18.0. The van der Waals surface area contributed by atoms with Gasteiger partial charge in [-0.25, -0.2) is 4.52 Å². The highest BCUT2D eigenvalue weighted by atomic mass is 15.3. The van der Waals surface area contributed by atoms with Crippen molar-refractivity contribution in [3.05, 3.63) is 30.1 Å². The van der Waals surface area contributed by atoms with E-state index in [2.05, 4.69) is 37.5 Å². The Balaban J connectivity index is 2.04. The molecule has 0 bridgehead atoms. The Bertz CT molecular complexity index is 928. The Kier molecular flexibility index (Phi) is 4.60. The van der Waals surface area contributed by atoms with E-state index in [1.807, 2.05) is 38.2 Å². The average Bonchev–Trinajstić information content (AvgIpc) is 3.03. The van der Waals surface area contributed by atoms with Crippen molar-refractivity contribution in [1.29, 1.82) is 0 Å². The predicted octanol–water partition coefficient (Wildman–Crippen LogP) is 3.61. The fourth-order valence-electron chi connectivity index (χ4n) is 2.47. The lowest BCUT2D eigenvalue weighted by Crippen LogP contribution is -2.05. The van der Waals surface area contributed by atoms with Gasteiger partial charge in [0.05, 0.1) is 17.4 Å². The molecule has 0 saturated carbocycles. The fraction of sp³-hybridized carbons (Fsp3) is 0.353. The number of nitrogens with one attached hydrogen (secondary N) is 1. The summed E-state index contributed by atoms with van der Waals surface area (Å²) in [5.41, 5.74) is 9.93. The van der Waals surface area contributed by atoms with Gasteiger partial charge in [-0.05, 0) is 38.5 Å². The van der Waals surface area contributed by atoms with Gasteiger partial charge in [0.25, 0.3) is 0 Å². The summed E-state index contributed by atoms with van der Waals surface area (Å²) in [6.07, 6.45) is 2.80. The molecule has 0 saturated heterocycles. The first-order chi connectivity index (χ1) is 12.0. The molecular weight excluding hydrogens is 316 g/mol. The van der Waals surface area contributed by atoms with Gasteiger partial charge in [0.15, 0.2) is 5.82 Å². The first-order valence-corrected chi connectivity index (χ1v) is 8.25. The summed E-state index contributed by atoms with van der Waals surface area (Å²) in [6, 6.07) is 6.02. The van der Waals surface area contributed by atoms with Gasteiger partial charge in [-0.1, -0.05) is 6.92 Å². The number of nitrogen functional groups attached to an aromatic ring is 1. The largest absolute Gasteiger partial charge is 0.371 e. The topological polar surface area (TPSA) is 106 Å². The minimum Gasteiger partial charge on any atom is -0.371 e. The van der Waals surface area contributed by atoms with E-state index in [1.165, 1.54) is 0 Å². The van der Waals surface area contributed by atoms with E-state index >= 15 is 0 Å². The third-order valence-corrected chi connectivity index (χ3v) is 4.05. The van der Waals surface area contributed by atoms with Crippen LogP contribution in [0.25, 0.3) is 16.8 Å². The Morgan fingerprint density at radius 2 is 2.08 bits per heavy atom. The van der Waals surface area contributed by atoms with Crippen LogP contribution in [0.2, 0.25) is 0 Å². The standard InChI is InChI=1S/C17H22N8/c1-5-10(2)22-23-13-6-7-14(20-11(13)3)12-8-9-25-15(12)16(19-4)21-17(18)24-25/h6-10H,5H2,1-4H3,(H3,18,19,21,24). The second kappa shape index (κ2) is 6.84. The highest BCUT2D eigenvalue weighted by molar-refractivity contribution is 5.87. The Hall–Kier alpha value is -3.03.